The summed E-state index contributed by atoms with van der Waals surface area (Å²) in [5.41, 5.74) is 30.4. The van der Waals surface area contributed by atoms with E-state index in [-0.39, 0.29) is 94.0 Å². The van der Waals surface area contributed by atoms with E-state index in [0.29, 0.717) is 56.4 Å². The van der Waals surface area contributed by atoms with E-state index in [2.05, 4.69) is 10.3 Å². The van der Waals surface area contributed by atoms with Gasteiger partial charge in [0, 0.05) is 108 Å². The van der Waals surface area contributed by atoms with Gasteiger partial charge >= 0.3 is 22.7 Å². The van der Waals surface area contributed by atoms with Gasteiger partial charge in [0.15, 0.2) is 6.23 Å². The van der Waals surface area contributed by atoms with Crippen LogP contribution in [-0.2, 0) is 68.7 Å². The number of nitrogens with one attached hydrogen (secondary N) is 1. The normalized spacial score (nSPS) is 33.1. The van der Waals surface area contributed by atoms with Crippen LogP contribution in [0.3, 0.4) is 0 Å². The number of hydrogen-bond donors (Lipinski definition) is 9. The van der Waals surface area contributed by atoms with E-state index >= 15 is 0 Å². The first-order valence-electron chi connectivity index (χ1n) is 30.7. The second-order valence-electron chi connectivity index (χ2n) is 26.9. The van der Waals surface area contributed by atoms with E-state index in [9.17, 15) is 58.3 Å². The van der Waals surface area contributed by atoms with Crippen molar-refractivity contribution >= 4 is 77.4 Å². The molecule has 2 unspecified atom stereocenters. The molecule has 15 atom stereocenters. The molecule has 14 N–H and O–H groups in total. The summed E-state index contributed by atoms with van der Waals surface area (Å²) >= 11 is 0. The molecule has 0 radical (unpaired) electrons. The maximum absolute atomic E-state index is 14.3. The third kappa shape index (κ3) is 14.6. The minimum atomic E-state index is -5.33. The molecule has 1 aromatic heterocycles. The average molecular weight is 1360 g/mol. The Balaban J connectivity index is 0.00000453. The van der Waals surface area contributed by atoms with Crippen molar-refractivity contribution in [3.8, 4) is 0 Å². The molecule has 508 valence electrons. The van der Waals surface area contributed by atoms with Gasteiger partial charge in [0.05, 0.1) is 41.3 Å². The van der Waals surface area contributed by atoms with Crippen molar-refractivity contribution in [3.63, 3.8) is 0 Å². The van der Waals surface area contributed by atoms with Crippen molar-refractivity contribution in [1.82, 2.24) is 14.9 Å². The van der Waals surface area contributed by atoms with Crippen molar-refractivity contribution in [3.05, 3.63) is 75.8 Å². The summed E-state index contributed by atoms with van der Waals surface area (Å²) in [6.45, 7) is 23.5. The summed E-state index contributed by atoms with van der Waals surface area (Å²) < 4.78 is 31.8. The number of phosphoric ester groups is 1. The summed E-state index contributed by atoms with van der Waals surface area (Å²) in [5, 5.41) is 46.5. The zero-order valence-corrected chi connectivity index (χ0v) is 56.2. The number of fused-ring (bicyclic) bond motifs is 7. The molecular formula is C63H87CoN13O15P. The molecule has 6 aliphatic heterocycles. The zero-order valence-electron chi connectivity index (χ0n) is 54.3. The number of nitrogens with zero attached hydrogens (tertiary/aromatic N) is 7. The number of rotatable bonds is 26. The molecule has 93 heavy (non-hydrogen) atoms. The summed E-state index contributed by atoms with van der Waals surface area (Å²) in [6.07, 6.45) is -5.33. The number of hydrogen-bond acceptors (Lipinski definition) is 19. The summed E-state index contributed by atoms with van der Waals surface area (Å²) in [5.74, 6) is -8.11. The third-order valence-corrected chi connectivity index (χ3v) is 21.6. The molecule has 0 saturated carbocycles. The first-order chi connectivity index (χ1) is 42.8. The van der Waals surface area contributed by atoms with Gasteiger partial charge in [-0.25, -0.2) is 4.98 Å². The maximum atomic E-state index is 14.3. The smallest absolute Gasteiger partial charge is 0.756 e. The molecule has 28 nitrogen and oxygen atoms in total. The number of aliphatic imine (C=N–C) groups is 3. The van der Waals surface area contributed by atoms with Crippen LogP contribution in [0.4, 0.5) is 0 Å². The largest absolute Gasteiger partial charge is 3.00 e. The molecule has 8 rings (SSSR count). The van der Waals surface area contributed by atoms with Crippen LogP contribution in [-0.4, -0.2) is 133 Å². The van der Waals surface area contributed by atoms with E-state index < -0.39 is 143 Å². The molecular weight excluding hydrogens is 1270 g/mol. The number of carboxylic acids is 1. The maximum Gasteiger partial charge on any atom is 3.00 e. The quantitative estimate of drug-likeness (QED) is 0.0474. The monoisotopic (exact) mass is 1360 g/mol. The molecule has 7 heterocycles. The standard InChI is InChI=1S/C62H89N12O15P.CN.Co/c1-29-20-39-40(21-30(29)2)74(28-69-39)57-52(84)53(41(27-75)87-57)89-90(85,86)88-31(3)26-68-48(81)18-19-59(8)37(22-45(65)78)56-62(11)61(10,25-47(67)80)36(13-16-44(64)77)51(73-62)33(5)55-60(9,24-46(66)79)34(12-15-43(63)76)38(70-55)23-42-58(6,7)35(14-17-49(82)83)50(71-42)32(4)54(59)72-56;1-2;/h20-21,23,28,31,34-37,41,52-53,56-57,75,84H,12-19,22,24-27H2,1-11H3,(H14,63,64,65,66,67,68,70,71,72,73,76,77,78,79,80,81,82,83,85,86);;/q;-1;+3/p-2/t31-,34-,35-,36-,37+,41-,52-,53-,56?,57+,59-,60+,61+,62+;;/m1../s1. The molecule has 2 saturated heterocycles. The van der Waals surface area contributed by atoms with Gasteiger partial charge < -0.3 is 89.7 Å². The number of nitrogens with two attached hydrogens (primary N) is 5. The predicted molar refractivity (Wildman–Crippen MR) is 335 cm³/mol. The molecule has 6 amide bonds. The number of carbonyl (C=O) groups is 7. The number of amides is 6. The molecule has 30 heteroatoms. The topological polar surface area (TPSA) is 483 Å². The molecule has 1 aromatic carbocycles. The Kier molecular flexibility index (Phi) is 23.0. The Morgan fingerprint density at radius 2 is 1.43 bits per heavy atom. The van der Waals surface area contributed by atoms with Gasteiger partial charge in [-0.15, -0.1) is 0 Å². The average Bonchev–Trinajstić information content (AvgIpc) is 1.53. The van der Waals surface area contributed by atoms with E-state index in [0.717, 1.165) is 11.1 Å². The van der Waals surface area contributed by atoms with E-state index in [4.69, 9.17) is 74.6 Å². The van der Waals surface area contributed by atoms with Crippen molar-refractivity contribution < 1.29 is 88.9 Å². The van der Waals surface area contributed by atoms with Gasteiger partial charge in [0.1, 0.15) is 18.3 Å². The van der Waals surface area contributed by atoms with Crippen molar-refractivity contribution in [2.24, 2.45) is 89.0 Å². The Hall–Kier alpha value is -7.00. The Morgan fingerprint density at radius 3 is 2.01 bits per heavy atom. The molecule has 6 aliphatic rings. The third-order valence-electron chi connectivity index (χ3n) is 20.4. The molecule has 0 spiro atoms. The Bertz CT molecular complexity index is 3600. The van der Waals surface area contributed by atoms with Crippen molar-refractivity contribution in [2.75, 3.05) is 13.2 Å². The van der Waals surface area contributed by atoms with Crippen LogP contribution in [0.5, 0.6) is 0 Å². The number of primary amides is 5. The summed E-state index contributed by atoms with van der Waals surface area (Å²) in [6, 6.07) is 2.63. The number of carbonyl (C=O) groups excluding carboxylic acids is 6. The summed E-state index contributed by atoms with van der Waals surface area (Å²) in [4.78, 5) is 127. The second-order valence-corrected chi connectivity index (χ2v) is 28.2. The van der Waals surface area contributed by atoms with Crippen LogP contribution in [0.2, 0.25) is 0 Å². The number of aliphatic carboxylic acids is 1. The first-order valence-corrected chi connectivity index (χ1v) is 32.1. The number of aliphatic hydroxyl groups excluding tert-OH is 2. The van der Waals surface area contributed by atoms with Gasteiger partial charge in [0.25, 0.3) is 7.82 Å². The van der Waals surface area contributed by atoms with E-state index in [1.165, 1.54) is 17.8 Å². The molecule has 0 aliphatic carbocycles. The fourth-order valence-electron chi connectivity index (χ4n) is 15.3. The number of phosphoric acid groups is 1. The fourth-order valence-corrected chi connectivity index (χ4v) is 16.4. The number of aliphatic hydroxyl groups is 2. The molecule has 2 aromatic rings. The zero-order chi connectivity index (χ0) is 68.7. The van der Waals surface area contributed by atoms with Crippen LogP contribution < -0.4 is 38.9 Å². The van der Waals surface area contributed by atoms with Crippen molar-refractivity contribution in [1.29, 1.82) is 5.26 Å². The molecule has 8 bridgehead atoms. The number of benzene rings is 1. The SMILES string of the molecule is C/C1=C2/[N-]C([C@H](CC(N)=O)[C@@]2(C)CCC(=O)NC[C@@H](C)OP(=O)([O-])O[C@H]2[C@@H](O)[C@@H](n3cnc4cc(C)c(C)cc43)O[C@@H]2CO)[C@]2(C)N=C(/C(C)=C3N=C(/C=C4N=C1[C@@H](CCC(=O)O)C\4(C)C)[C@@H](CCC(N)=O)[C@]\3(C)CC(N)=O)[C@@H](CCC(N)=O)[C@]2(C)CC(N)=O.[C-]#N.[Co+3]. The van der Waals surface area contributed by atoms with Crippen LogP contribution in [0.1, 0.15) is 150 Å². The Labute approximate surface area is 550 Å². The summed E-state index contributed by atoms with van der Waals surface area (Å²) in [7, 11) is -5.33. The van der Waals surface area contributed by atoms with Gasteiger partial charge in [-0.05, 0) is 119 Å². The van der Waals surface area contributed by atoms with Gasteiger partial charge in [0.2, 0.25) is 35.4 Å². The fraction of sp³-hybridized carbons (Fsp3) is 0.619. The number of aromatic nitrogens is 2. The van der Waals surface area contributed by atoms with Crippen LogP contribution in [0.15, 0.2) is 67.8 Å². The number of ether oxygens (including phenoxy) is 1. The first kappa shape index (κ1) is 75.0. The van der Waals surface area contributed by atoms with Gasteiger partial charge in [-0.1, -0.05) is 40.7 Å². The number of imidazole rings is 1. The van der Waals surface area contributed by atoms with Gasteiger partial charge in [-0.2, -0.15) is 5.70 Å². The molecule has 2 fully saturated rings. The minimum absolute atomic E-state index is 0. The Morgan fingerprint density at radius 1 is 0.828 bits per heavy atom. The number of allylic oxidation sites excluding steroid dienone is 6. The van der Waals surface area contributed by atoms with E-state index in [1.807, 2.05) is 60.6 Å². The van der Waals surface area contributed by atoms with E-state index in [1.54, 1.807) is 26.8 Å². The number of carboxylic acid groups (broad SMARTS) is 1. The number of aryl methyl sites for hydroxylation is 2. The van der Waals surface area contributed by atoms with Crippen LogP contribution in [0, 0.1) is 71.0 Å². The van der Waals surface area contributed by atoms with Crippen molar-refractivity contribution in [2.45, 2.75) is 189 Å². The van der Waals surface area contributed by atoms with Crippen LogP contribution >= 0.6 is 7.82 Å². The minimum Gasteiger partial charge on any atom is -0.756 e. The second kappa shape index (κ2) is 28.5. The van der Waals surface area contributed by atoms with Crippen LogP contribution in [0.25, 0.3) is 16.4 Å². The van der Waals surface area contributed by atoms with Gasteiger partial charge in [-0.3, -0.25) is 53.1 Å². The predicted octanol–water partition coefficient (Wildman–Crippen LogP) is 4.01.